The first kappa shape index (κ1) is 6.09. The van der Waals surface area contributed by atoms with Crippen LogP contribution in [0, 0.1) is 5.92 Å². The van der Waals surface area contributed by atoms with Crippen molar-refractivity contribution in [1.82, 2.24) is 10.2 Å². The van der Waals surface area contributed by atoms with Gasteiger partial charge in [-0.25, -0.2) is 0 Å². The standard InChI is InChI=1S/C6H9N3S/c1-3-2-4(3)5-8-9-6(7)10-5/h3-4H,2H2,1H3,(H2,7,9)/t3-,4+/m1/s1. The van der Waals surface area contributed by atoms with Gasteiger partial charge in [0, 0.05) is 5.92 Å². The Morgan fingerprint density at radius 3 is 2.70 bits per heavy atom. The molecule has 1 saturated carbocycles. The summed E-state index contributed by atoms with van der Waals surface area (Å²) in [6.07, 6.45) is 1.26. The van der Waals surface area contributed by atoms with Crippen LogP contribution in [0.5, 0.6) is 0 Å². The minimum atomic E-state index is 0.592. The van der Waals surface area contributed by atoms with Crippen LogP contribution in [0.1, 0.15) is 24.3 Å². The monoisotopic (exact) mass is 155 g/mol. The first-order chi connectivity index (χ1) is 4.77. The van der Waals surface area contributed by atoms with Crippen molar-refractivity contribution in [3.63, 3.8) is 0 Å². The van der Waals surface area contributed by atoms with E-state index in [0.29, 0.717) is 11.0 Å². The lowest BCUT2D eigenvalue weighted by Gasteiger charge is -1.82. The molecule has 1 aromatic rings. The van der Waals surface area contributed by atoms with Gasteiger partial charge in [-0.2, -0.15) is 0 Å². The van der Waals surface area contributed by atoms with Crippen LogP contribution in [-0.4, -0.2) is 10.2 Å². The summed E-state index contributed by atoms with van der Waals surface area (Å²) >= 11 is 1.52. The molecule has 2 atom stereocenters. The highest BCUT2D eigenvalue weighted by molar-refractivity contribution is 7.15. The van der Waals surface area contributed by atoms with E-state index < -0.39 is 0 Å². The molecule has 0 bridgehead atoms. The first-order valence-corrected chi connectivity index (χ1v) is 4.18. The highest BCUT2D eigenvalue weighted by Crippen LogP contribution is 2.47. The number of nitrogens with two attached hydrogens (primary N) is 1. The summed E-state index contributed by atoms with van der Waals surface area (Å²) in [5, 5.41) is 9.44. The van der Waals surface area contributed by atoms with Crippen molar-refractivity contribution in [2.24, 2.45) is 5.92 Å². The molecule has 0 aromatic carbocycles. The average Bonchev–Trinajstić information content (AvgIpc) is 2.42. The predicted molar refractivity (Wildman–Crippen MR) is 40.8 cm³/mol. The van der Waals surface area contributed by atoms with Crippen molar-refractivity contribution in [1.29, 1.82) is 0 Å². The van der Waals surface area contributed by atoms with E-state index in [1.165, 1.54) is 17.8 Å². The number of hydrogen-bond acceptors (Lipinski definition) is 4. The summed E-state index contributed by atoms with van der Waals surface area (Å²) in [5.41, 5.74) is 5.43. The van der Waals surface area contributed by atoms with E-state index >= 15 is 0 Å². The smallest absolute Gasteiger partial charge is 0.203 e. The maximum absolute atomic E-state index is 5.43. The van der Waals surface area contributed by atoms with Crippen LogP contribution in [0.3, 0.4) is 0 Å². The highest BCUT2D eigenvalue weighted by Gasteiger charge is 2.36. The summed E-state index contributed by atoms with van der Waals surface area (Å²) in [5.74, 6) is 1.46. The van der Waals surface area contributed by atoms with Gasteiger partial charge >= 0.3 is 0 Å². The number of rotatable bonds is 1. The fourth-order valence-electron chi connectivity index (χ4n) is 1.06. The van der Waals surface area contributed by atoms with Gasteiger partial charge in [-0.05, 0) is 12.3 Å². The number of hydrogen-bond donors (Lipinski definition) is 1. The number of nitrogen functional groups attached to an aromatic ring is 1. The minimum Gasteiger partial charge on any atom is -0.374 e. The van der Waals surface area contributed by atoms with E-state index in [9.17, 15) is 0 Å². The topological polar surface area (TPSA) is 51.8 Å². The maximum atomic E-state index is 5.43. The Morgan fingerprint density at radius 1 is 1.60 bits per heavy atom. The molecule has 0 radical (unpaired) electrons. The lowest BCUT2D eigenvalue weighted by atomic mass is 10.4. The molecule has 1 aliphatic rings. The fraction of sp³-hybridized carbons (Fsp3) is 0.667. The molecule has 3 nitrogen and oxygen atoms in total. The predicted octanol–water partition coefficient (Wildman–Crippen LogP) is 1.24. The first-order valence-electron chi connectivity index (χ1n) is 3.36. The van der Waals surface area contributed by atoms with Gasteiger partial charge in [0.25, 0.3) is 0 Å². The van der Waals surface area contributed by atoms with Crippen molar-refractivity contribution >= 4 is 16.5 Å². The second-order valence-corrected chi connectivity index (χ2v) is 3.84. The van der Waals surface area contributed by atoms with Crippen molar-refractivity contribution in [3.05, 3.63) is 5.01 Å². The quantitative estimate of drug-likeness (QED) is 0.664. The molecule has 2 N–H and O–H groups in total. The molecular formula is C6H9N3S. The van der Waals surface area contributed by atoms with Gasteiger partial charge < -0.3 is 5.73 Å². The molecule has 1 heterocycles. The Kier molecular flexibility index (Phi) is 1.17. The average molecular weight is 155 g/mol. The van der Waals surface area contributed by atoms with E-state index in [4.69, 9.17) is 5.73 Å². The normalized spacial score (nSPS) is 30.5. The molecule has 0 spiro atoms. The van der Waals surface area contributed by atoms with Gasteiger partial charge in [-0.1, -0.05) is 18.3 Å². The lowest BCUT2D eigenvalue weighted by Crippen LogP contribution is -1.80. The molecule has 0 saturated heterocycles. The van der Waals surface area contributed by atoms with E-state index in [-0.39, 0.29) is 0 Å². The third-order valence-corrected chi connectivity index (χ3v) is 2.77. The molecule has 1 aliphatic carbocycles. The van der Waals surface area contributed by atoms with Crippen LogP contribution in [0.4, 0.5) is 5.13 Å². The molecule has 4 heteroatoms. The number of anilines is 1. The van der Waals surface area contributed by atoms with Crippen LogP contribution >= 0.6 is 11.3 Å². The van der Waals surface area contributed by atoms with Gasteiger partial charge in [-0.3, -0.25) is 0 Å². The van der Waals surface area contributed by atoms with Crippen molar-refractivity contribution in [2.45, 2.75) is 19.3 Å². The zero-order chi connectivity index (χ0) is 7.14. The van der Waals surface area contributed by atoms with Crippen LogP contribution in [0.25, 0.3) is 0 Å². The summed E-state index contributed by atoms with van der Waals surface area (Å²) < 4.78 is 0. The van der Waals surface area contributed by atoms with Crippen LogP contribution in [0.2, 0.25) is 0 Å². The SMILES string of the molecule is C[C@@H]1C[C@@H]1c1nnc(N)s1. The Labute approximate surface area is 63.3 Å². The van der Waals surface area contributed by atoms with E-state index in [1.807, 2.05) is 0 Å². The van der Waals surface area contributed by atoms with Crippen LogP contribution in [0.15, 0.2) is 0 Å². The summed E-state index contributed by atoms with van der Waals surface area (Å²) in [6, 6.07) is 0. The Balaban J connectivity index is 2.20. The largest absolute Gasteiger partial charge is 0.374 e. The van der Waals surface area contributed by atoms with Gasteiger partial charge in [0.1, 0.15) is 5.01 Å². The molecule has 1 aromatic heterocycles. The molecule has 0 unspecified atom stereocenters. The Bertz CT molecular complexity index is 245. The zero-order valence-electron chi connectivity index (χ0n) is 5.74. The summed E-state index contributed by atoms with van der Waals surface area (Å²) in [6.45, 7) is 2.22. The molecule has 0 aliphatic heterocycles. The van der Waals surface area contributed by atoms with Gasteiger partial charge in [-0.15, -0.1) is 10.2 Å². The third kappa shape index (κ3) is 0.883. The van der Waals surface area contributed by atoms with E-state index in [2.05, 4.69) is 17.1 Å². The molecule has 2 rings (SSSR count). The summed E-state index contributed by atoms with van der Waals surface area (Å²) in [7, 11) is 0. The van der Waals surface area contributed by atoms with E-state index in [1.54, 1.807) is 0 Å². The molecular weight excluding hydrogens is 146 g/mol. The van der Waals surface area contributed by atoms with Gasteiger partial charge in [0.05, 0.1) is 0 Å². The van der Waals surface area contributed by atoms with Crippen molar-refractivity contribution < 1.29 is 0 Å². The van der Waals surface area contributed by atoms with Crippen molar-refractivity contribution in [2.75, 3.05) is 5.73 Å². The molecule has 1 fully saturated rings. The zero-order valence-corrected chi connectivity index (χ0v) is 6.56. The minimum absolute atomic E-state index is 0.592. The highest BCUT2D eigenvalue weighted by atomic mass is 32.1. The van der Waals surface area contributed by atoms with Crippen LogP contribution < -0.4 is 5.73 Å². The van der Waals surface area contributed by atoms with Crippen molar-refractivity contribution in [3.8, 4) is 0 Å². The second kappa shape index (κ2) is 1.92. The van der Waals surface area contributed by atoms with E-state index in [0.717, 1.165) is 10.9 Å². The number of nitrogens with zero attached hydrogens (tertiary/aromatic N) is 2. The fourth-order valence-corrected chi connectivity index (χ4v) is 1.92. The van der Waals surface area contributed by atoms with Gasteiger partial charge in [0.15, 0.2) is 0 Å². The molecule has 54 valence electrons. The molecule has 0 amide bonds. The second-order valence-electron chi connectivity index (χ2n) is 2.80. The number of aromatic nitrogens is 2. The van der Waals surface area contributed by atoms with Crippen LogP contribution in [-0.2, 0) is 0 Å². The third-order valence-electron chi connectivity index (χ3n) is 1.88. The lowest BCUT2D eigenvalue weighted by molar-refractivity contribution is 0.882. The Hall–Kier alpha value is -0.640. The Morgan fingerprint density at radius 2 is 2.30 bits per heavy atom. The maximum Gasteiger partial charge on any atom is 0.203 e. The summed E-state index contributed by atoms with van der Waals surface area (Å²) in [4.78, 5) is 0. The van der Waals surface area contributed by atoms with Gasteiger partial charge in [0.2, 0.25) is 5.13 Å². The molecule has 10 heavy (non-hydrogen) atoms.